The summed E-state index contributed by atoms with van der Waals surface area (Å²) in [5.74, 6) is -0.259. The summed E-state index contributed by atoms with van der Waals surface area (Å²) >= 11 is 0. The molecule has 0 fully saturated rings. The number of hydrogen-bond acceptors (Lipinski definition) is 4. The quantitative estimate of drug-likeness (QED) is 0.605. The molecular formula is C12H10N2O2S. The molecule has 0 saturated heterocycles. The Hall–Kier alpha value is -1.88. The number of rotatable bonds is 4. The Morgan fingerprint density at radius 3 is 2.35 bits per heavy atom. The van der Waals surface area contributed by atoms with Crippen molar-refractivity contribution in [2.75, 3.05) is 5.75 Å². The molecule has 0 bridgehead atoms. The van der Waals surface area contributed by atoms with Gasteiger partial charge < -0.3 is 0 Å². The fourth-order valence-corrected chi connectivity index (χ4v) is 2.18. The van der Waals surface area contributed by atoms with Gasteiger partial charge in [0, 0.05) is 18.0 Å². The second-order valence-electron chi connectivity index (χ2n) is 3.31. The van der Waals surface area contributed by atoms with Gasteiger partial charge in [0.15, 0.2) is 5.78 Å². The maximum absolute atomic E-state index is 11.8. The smallest absolute Gasteiger partial charge is 0.218 e. The number of benzene rings is 1. The van der Waals surface area contributed by atoms with E-state index in [0.717, 1.165) is 0 Å². The average Bonchev–Trinajstić information content (AvgIpc) is 2.40. The molecule has 0 aliphatic rings. The highest BCUT2D eigenvalue weighted by Crippen LogP contribution is 2.04. The summed E-state index contributed by atoms with van der Waals surface area (Å²) in [7, 11) is -1.49. The van der Waals surface area contributed by atoms with E-state index >= 15 is 0 Å². The Labute approximate surface area is 101 Å². The van der Waals surface area contributed by atoms with Crippen molar-refractivity contribution in [3.63, 3.8) is 0 Å². The van der Waals surface area contributed by atoms with E-state index in [2.05, 4.69) is 9.97 Å². The van der Waals surface area contributed by atoms with Crippen molar-refractivity contribution in [1.29, 1.82) is 0 Å². The molecule has 4 nitrogen and oxygen atoms in total. The first kappa shape index (κ1) is 11.6. The van der Waals surface area contributed by atoms with Crippen molar-refractivity contribution < 1.29 is 9.00 Å². The number of Topliss-reactive ketones (excluding diaryl/α,β-unsaturated/α-hetero) is 1. The molecule has 1 unspecified atom stereocenters. The van der Waals surface area contributed by atoms with Crippen molar-refractivity contribution in [3.8, 4) is 0 Å². The number of carbonyl (C=O) groups excluding carboxylic acids is 1. The molecule has 0 radical (unpaired) electrons. The Morgan fingerprint density at radius 1 is 1.06 bits per heavy atom. The monoisotopic (exact) mass is 246 g/mol. The van der Waals surface area contributed by atoms with Crippen LogP contribution in [-0.2, 0) is 10.8 Å². The molecule has 0 aliphatic heterocycles. The SMILES string of the molecule is O=C(CS(=O)c1ncccn1)c1ccccc1. The normalized spacial score (nSPS) is 12.0. The van der Waals surface area contributed by atoms with Crippen LogP contribution in [0.1, 0.15) is 10.4 Å². The van der Waals surface area contributed by atoms with Crippen LogP contribution >= 0.6 is 0 Å². The van der Waals surface area contributed by atoms with Crippen molar-refractivity contribution in [3.05, 3.63) is 54.4 Å². The van der Waals surface area contributed by atoms with Crippen molar-refractivity contribution in [2.45, 2.75) is 5.16 Å². The highest BCUT2D eigenvalue weighted by Gasteiger charge is 2.13. The van der Waals surface area contributed by atoms with Gasteiger partial charge in [-0.2, -0.15) is 0 Å². The van der Waals surface area contributed by atoms with Crippen molar-refractivity contribution >= 4 is 16.6 Å². The van der Waals surface area contributed by atoms with Crippen LogP contribution in [0.4, 0.5) is 0 Å². The third-order valence-electron chi connectivity index (χ3n) is 2.10. The molecule has 1 atom stereocenters. The Kier molecular flexibility index (Phi) is 3.72. The molecule has 0 N–H and O–H groups in total. The summed E-state index contributed by atoms with van der Waals surface area (Å²) in [6.07, 6.45) is 3.01. The van der Waals surface area contributed by atoms with E-state index in [4.69, 9.17) is 0 Å². The lowest BCUT2D eigenvalue weighted by atomic mass is 10.2. The van der Waals surface area contributed by atoms with E-state index < -0.39 is 10.8 Å². The predicted octanol–water partition coefficient (Wildman–Crippen LogP) is 1.47. The van der Waals surface area contributed by atoms with Crippen LogP contribution in [0, 0.1) is 0 Å². The summed E-state index contributed by atoms with van der Waals surface area (Å²) in [5, 5.41) is 0.191. The van der Waals surface area contributed by atoms with E-state index in [1.807, 2.05) is 6.07 Å². The van der Waals surface area contributed by atoms with Crippen molar-refractivity contribution in [2.24, 2.45) is 0 Å². The minimum atomic E-state index is -1.49. The molecule has 1 heterocycles. The molecule has 0 spiro atoms. The van der Waals surface area contributed by atoms with Gasteiger partial charge in [-0.05, 0) is 6.07 Å². The lowest BCUT2D eigenvalue weighted by Gasteiger charge is -2.00. The molecule has 5 heteroatoms. The summed E-state index contributed by atoms with van der Waals surface area (Å²) in [4.78, 5) is 19.5. The zero-order valence-corrected chi connectivity index (χ0v) is 9.76. The minimum Gasteiger partial charge on any atom is -0.293 e. The van der Waals surface area contributed by atoms with Crippen LogP contribution in [0.15, 0.2) is 53.9 Å². The van der Waals surface area contributed by atoms with Crippen molar-refractivity contribution in [1.82, 2.24) is 9.97 Å². The maximum atomic E-state index is 11.8. The van der Waals surface area contributed by atoms with Gasteiger partial charge in [0.25, 0.3) is 0 Å². The van der Waals surface area contributed by atoms with E-state index in [0.29, 0.717) is 5.56 Å². The predicted molar refractivity (Wildman–Crippen MR) is 64.1 cm³/mol. The highest BCUT2D eigenvalue weighted by molar-refractivity contribution is 7.85. The van der Waals surface area contributed by atoms with Crippen LogP contribution in [0.25, 0.3) is 0 Å². The minimum absolute atomic E-state index is 0.0893. The van der Waals surface area contributed by atoms with E-state index in [9.17, 15) is 9.00 Å². The number of nitrogens with zero attached hydrogens (tertiary/aromatic N) is 2. The molecule has 2 aromatic rings. The average molecular weight is 246 g/mol. The molecule has 0 aliphatic carbocycles. The zero-order chi connectivity index (χ0) is 12.1. The standard InChI is InChI=1S/C12H10N2O2S/c15-11(10-5-2-1-3-6-10)9-17(16)12-13-7-4-8-14-12/h1-8H,9H2. The highest BCUT2D eigenvalue weighted by atomic mass is 32.2. The lowest BCUT2D eigenvalue weighted by molar-refractivity contribution is 0.102. The third-order valence-corrected chi connectivity index (χ3v) is 3.25. The second kappa shape index (κ2) is 5.45. The molecule has 2 rings (SSSR count). The summed E-state index contributed by atoms with van der Waals surface area (Å²) < 4.78 is 11.8. The largest absolute Gasteiger partial charge is 0.293 e. The Balaban J connectivity index is 2.08. The van der Waals surface area contributed by atoms with Gasteiger partial charge in [0.1, 0.15) is 0 Å². The number of ketones is 1. The third kappa shape index (κ3) is 3.04. The molecule has 1 aromatic carbocycles. The zero-order valence-electron chi connectivity index (χ0n) is 8.95. The van der Waals surface area contributed by atoms with E-state index in [1.54, 1.807) is 30.3 Å². The van der Waals surface area contributed by atoms with E-state index in [-0.39, 0.29) is 16.7 Å². The van der Waals surface area contributed by atoms with Gasteiger partial charge in [-0.1, -0.05) is 30.3 Å². The van der Waals surface area contributed by atoms with Gasteiger partial charge in [-0.25, -0.2) is 9.97 Å². The number of hydrogen-bond donors (Lipinski definition) is 0. The summed E-state index contributed by atoms with van der Waals surface area (Å²) in [6.45, 7) is 0. The maximum Gasteiger partial charge on any atom is 0.218 e. The Morgan fingerprint density at radius 2 is 1.71 bits per heavy atom. The first-order chi connectivity index (χ1) is 8.27. The topological polar surface area (TPSA) is 59.9 Å². The summed E-state index contributed by atoms with van der Waals surface area (Å²) in [6, 6.07) is 10.4. The molecule has 1 aromatic heterocycles. The molecule has 86 valence electrons. The van der Waals surface area contributed by atoms with Crippen LogP contribution in [0.2, 0.25) is 0 Å². The van der Waals surface area contributed by atoms with Crippen LogP contribution in [0.3, 0.4) is 0 Å². The van der Waals surface area contributed by atoms with Crippen LogP contribution < -0.4 is 0 Å². The van der Waals surface area contributed by atoms with E-state index in [1.165, 1.54) is 12.4 Å². The van der Waals surface area contributed by atoms with Gasteiger partial charge in [0.05, 0.1) is 16.6 Å². The van der Waals surface area contributed by atoms with Gasteiger partial charge in [0.2, 0.25) is 5.16 Å². The fraction of sp³-hybridized carbons (Fsp3) is 0.0833. The molecular weight excluding hydrogens is 236 g/mol. The Bertz CT molecular complexity index is 479. The van der Waals surface area contributed by atoms with Crippen LogP contribution in [-0.4, -0.2) is 25.7 Å². The second-order valence-corrected chi connectivity index (χ2v) is 4.66. The van der Waals surface area contributed by atoms with Gasteiger partial charge >= 0.3 is 0 Å². The lowest BCUT2D eigenvalue weighted by Crippen LogP contribution is -2.12. The molecule has 0 amide bonds. The first-order valence-corrected chi connectivity index (χ1v) is 6.33. The molecule has 0 saturated carbocycles. The fourth-order valence-electron chi connectivity index (χ4n) is 1.29. The van der Waals surface area contributed by atoms with Crippen LogP contribution in [0.5, 0.6) is 0 Å². The number of aromatic nitrogens is 2. The summed E-state index contributed by atoms with van der Waals surface area (Å²) in [5.41, 5.74) is 0.553. The van der Waals surface area contributed by atoms with Gasteiger partial charge in [-0.3, -0.25) is 9.00 Å². The number of carbonyl (C=O) groups is 1. The van der Waals surface area contributed by atoms with Gasteiger partial charge in [-0.15, -0.1) is 0 Å². The first-order valence-electron chi connectivity index (χ1n) is 5.01. The molecule has 17 heavy (non-hydrogen) atoms.